The quantitative estimate of drug-likeness (QED) is 0.339. The summed E-state index contributed by atoms with van der Waals surface area (Å²) in [6.45, 7) is 6.27. The van der Waals surface area contributed by atoms with Gasteiger partial charge in [-0.2, -0.15) is 0 Å². The van der Waals surface area contributed by atoms with Crippen molar-refractivity contribution in [3.8, 4) is 34.0 Å². The molecule has 1 heterocycles. The predicted octanol–water partition coefficient (Wildman–Crippen LogP) is 5.60. The molecule has 0 amide bonds. The Labute approximate surface area is 175 Å². The minimum atomic E-state index is -0.134. The molecule has 0 aliphatic carbocycles. The molecule has 27 heavy (non-hydrogen) atoms. The molecule has 3 aromatic rings. The van der Waals surface area contributed by atoms with Crippen LogP contribution in [0.3, 0.4) is 0 Å². The van der Waals surface area contributed by atoms with E-state index in [1.54, 1.807) is 14.2 Å². The second-order valence-electron chi connectivity index (χ2n) is 5.93. The molecule has 0 atom stereocenters. The molecule has 0 aliphatic rings. The van der Waals surface area contributed by atoms with Gasteiger partial charge in [-0.15, -0.1) is 0 Å². The van der Waals surface area contributed by atoms with Crippen LogP contribution in [0.2, 0.25) is 0 Å². The number of imidazole rings is 1. The van der Waals surface area contributed by atoms with Crippen molar-refractivity contribution in [2.75, 3.05) is 14.2 Å². The second kappa shape index (κ2) is 9.11. The van der Waals surface area contributed by atoms with Crippen LogP contribution in [0, 0.1) is 3.63 Å². The summed E-state index contributed by atoms with van der Waals surface area (Å²) < 4.78 is 16.9. The molecule has 0 saturated carbocycles. The summed E-state index contributed by atoms with van der Waals surface area (Å²) in [5.74, 6) is 1.74. The molecule has 0 bridgehead atoms. The summed E-state index contributed by atoms with van der Waals surface area (Å²) in [5.41, 5.74) is 4.88. The van der Waals surface area contributed by atoms with Crippen LogP contribution in [0.25, 0.3) is 22.5 Å². The van der Waals surface area contributed by atoms with Gasteiger partial charge in [0.1, 0.15) is 0 Å². The maximum atomic E-state index is 5.34. The normalized spacial score (nSPS) is 11.0. The number of nitrogens with zero attached hydrogens (tertiary/aromatic N) is 2. The second-order valence-corrected chi connectivity index (χ2v) is 9.27. The Morgan fingerprint density at radius 3 is 1.37 bits per heavy atom. The molecular formula is C21H24AuBrN2O2. The van der Waals surface area contributed by atoms with Crippen molar-refractivity contribution in [2.45, 2.75) is 26.9 Å². The van der Waals surface area contributed by atoms with Gasteiger partial charge < -0.3 is 0 Å². The van der Waals surface area contributed by atoms with Crippen LogP contribution in [0.1, 0.15) is 13.8 Å². The fourth-order valence-electron chi connectivity index (χ4n) is 3.27. The first-order chi connectivity index (χ1) is 13.2. The number of aromatic nitrogens is 2. The van der Waals surface area contributed by atoms with Crippen molar-refractivity contribution in [2.24, 2.45) is 0 Å². The number of halogens is 1. The zero-order valence-electron chi connectivity index (χ0n) is 15.9. The van der Waals surface area contributed by atoms with E-state index in [9.17, 15) is 0 Å². The van der Waals surface area contributed by atoms with Gasteiger partial charge in [0.05, 0.1) is 0 Å². The molecule has 0 radical (unpaired) electrons. The summed E-state index contributed by atoms with van der Waals surface area (Å²) in [4.78, 5) is 0. The van der Waals surface area contributed by atoms with Crippen molar-refractivity contribution in [1.29, 1.82) is 0 Å². The summed E-state index contributed by atoms with van der Waals surface area (Å²) in [6.07, 6.45) is 0. The van der Waals surface area contributed by atoms with E-state index in [0.29, 0.717) is 0 Å². The van der Waals surface area contributed by atoms with Crippen LogP contribution >= 0.6 is 13.0 Å². The molecule has 0 fully saturated rings. The fourth-order valence-corrected chi connectivity index (χ4v) is 6.99. The molecule has 2 aromatic carbocycles. The van der Waals surface area contributed by atoms with Crippen molar-refractivity contribution in [3.63, 3.8) is 0 Å². The van der Waals surface area contributed by atoms with E-state index in [1.165, 1.54) is 26.1 Å². The summed E-state index contributed by atoms with van der Waals surface area (Å²) in [5, 5.41) is 0. The number of hydrogen-bond donors (Lipinski definition) is 0. The zero-order valence-corrected chi connectivity index (χ0v) is 19.7. The van der Waals surface area contributed by atoms with E-state index in [1.807, 2.05) is 24.3 Å². The maximum absolute atomic E-state index is 5.34. The third kappa shape index (κ3) is 3.87. The van der Waals surface area contributed by atoms with Gasteiger partial charge in [-0.25, -0.2) is 0 Å². The molecule has 3 rings (SSSR count). The number of hydrogen-bond acceptors (Lipinski definition) is 2. The van der Waals surface area contributed by atoms with Crippen molar-refractivity contribution < 1.29 is 26.6 Å². The van der Waals surface area contributed by atoms with Gasteiger partial charge in [0.25, 0.3) is 0 Å². The number of benzene rings is 2. The van der Waals surface area contributed by atoms with Crippen LogP contribution in [-0.4, -0.2) is 23.4 Å². The van der Waals surface area contributed by atoms with Gasteiger partial charge in [-0.05, 0) is 0 Å². The molecule has 0 unspecified atom stereocenters. The average Bonchev–Trinajstić information content (AvgIpc) is 3.07. The van der Waals surface area contributed by atoms with Gasteiger partial charge in [0, 0.05) is 0 Å². The van der Waals surface area contributed by atoms with Gasteiger partial charge in [0.2, 0.25) is 0 Å². The molecule has 0 saturated heterocycles. The van der Waals surface area contributed by atoms with Gasteiger partial charge in [0.15, 0.2) is 0 Å². The van der Waals surface area contributed by atoms with Crippen LogP contribution in [0.4, 0.5) is 0 Å². The molecule has 4 nitrogen and oxygen atoms in total. The Morgan fingerprint density at radius 2 is 1.11 bits per heavy atom. The third-order valence-electron chi connectivity index (χ3n) is 4.58. The van der Waals surface area contributed by atoms with E-state index >= 15 is 0 Å². The predicted molar refractivity (Wildman–Crippen MR) is 110 cm³/mol. The third-order valence-corrected chi connectivity index (χ3v) is 7.86. The molecule has 1 aromatic heterocycles. The van der Waals surface area contributed by atoms with E-state index in [0.717, 1.165) is 24.6 Å². The van der Waals surface area contributed by atoms with Crippen molar-refractivity contribution >= 4 is 13.0 Å². The van der Waals surface area contributed by atoms with Gasteiger partial charge >= 0.3 is 176 Å². The van der Waals surface area contributed by atoms with Crippen LogP contribution < -0.4 is 9.47 Å². The topological polar surface area (TPSA) is 28.3 Å². The number of rotatable bonds is 6. The van der Waals surface area contributed by atoms with Crippen LogP contribution in [-0.2, 0) is 30.2 Å². The standard InChI is InChI=1S/C21H24N2O2.Au.BrH/c1-5-22-15-23(6-2)21(17-9-13-19(25-4)14-10-17)20(22)16-7-11-18(24-3)12-8-16;;/h7-14H,5-6H2,1-4H3;;1H/q;+1;/p-1. The fraction of sp³-hybridized carbons (Fsp3) is 0.286. The molecule has 148 valence electrons. The molecule has 0 aliphatic heterocycles. The zero-order chi connectivity index (χ0) is 19.4. The number of ether oxygens (including phenoxy) is 2. The Bertz CT molecular complexity index is 897. The average molecular weight is 613 g/mol. The Hall–Kier alpha value is -1.53. The Morgan fingerprint density at radius 1 is 0.741 bits per heavy atom. The monoisotopic (exact) mass is 612 g/mol. The summed E-state index contributed by atoms with van der Waals surface area (Å²) in [6, 6.07) is 16.7. The summed E-state index contributed by atoms with van der Waals surface area (Å²) >= 11 is 3.66. The van der Waals surface area contributed by atoms with Crippen LogP contribution in [0.5, 0.6) is 11.5 Å². The minimum absolute atomic E-state index is 0.134. The Balaban J connectivity index is 2.33. The molecule has 0 spiro atoms. The van der Waals surface area contributed by atoms with Gasteiger partial charge in [-0.3, -0.25) is 0 Å². The van der Waals surface area contributed by atoms with Crippen molar-refractivity contribution in [1.82, 2.24) is 9.13 Å². The van der Waals surface area contributed by atoms with E-state index < -0.39 is 0 Å². The Kier molecular flexibility index (Phi) is 6.82. The van der Waals surface area contributed by atoms with Crippen molar-refractivity contribution in [3.05, 3.63) is 52.2 Å². The van der Waals surface area contributed by atoms with E-state index in [4.69, 9.17) is 9.47 Å². The van der Waals surface area contributed by atoms with Crippen LogP contribution in [0.15, 0.2) is 48.5 Å². The molecule has 6 heteroatoms. The SMILES string of the molecule is CCn1c(-c2ccc(OC)cc2)c(-c2ccc(OC)cc2)n(CC)[c]1=[Au][Br]. The first kappa shape index (κ1) is 20.2. The first-order valence-corrected chi connectivity index (χ1v) is 14.6. The number of methoxy groups -OCH3 is 2. The van der Waals surface area contributed by atoms with E-state index in [-0.39, 0.29) is 17.2 Å². The summed E-state index contributed by atoms with van der Waals surface area (Å²) in [7, 11) is 3.40. The first-order valence-electron chi connectivity index (χ1n) is 8.82. The van der Waals surface area contributed by atoms with E-state index in [2.05, 4.69) is 60.3 Å². The molecule has 0 N–H and O–H groups in total. The van der Waals surface area contributed by atoms with Gasteiger partial charge in [-0.1, -0.05) is 0 Å². The molecular weight excluding hydrogens is 589 g/mol.